The first-order valence-electron chi connectivity index (χ1n) is 10.8. The quantitative estimate of drug-likeness (QED) is 0.735. The minimum Gasteiger partial charge on any atom is -0.494 e. The molecule has 0 radical (unpaired) electrons. The van der Waals surface area contributed by atoms with E-state index in [0.717, 1.165) is 43.6 Å². The number of benzene rings is 1. The first-order valence-corrected chi connectivity index (χ1v) is 10.8. The number of nitrogens with zero attached hydrogens (tertiary/aromatic N) is 5. The smallest absolute Gasteiger partial charge is 0.146 e. The molecule has 0 spiro atoms. The molecule has 0 amide bonds. The van der Waals surface area contributed by atoms with Crippen LogP contribution in [0.2, 0.25) is 0 Å². The van der Waals surface area contributed by atoms with Gasteiger partial charge in [0.05, 0.1) is 13.2 Å². The molecule has 4 rings (SSSR count). The summed E-state index contributed by atoms with van der Waals surface area (Å²) in [6.07, 6.45) is 5.02. The normalized spacial score (nSPS) is 21.3. The van der Waals surface area contributed by atoms with E-state index in [1.807, 2.05) is 6.92 Å². The van der Waals surface area contributed by atoms with Crippen molar-refractivity contribution in [2.24, 2.45) is 7.05 Å². The summed E-state index contributed by atoms with van der Waals surface area (Å²) in [6, 6.07) is 8.42. The molecule has 1 aromatic heterocycles. The predicted octanol–water partition coefficient (Wildman–Crippen LogP) is 3.19. The number of hydrogen-bond acceptors (Lipinski definition) is 5. The van der Waals surface area contributed by atoms with Crippen molar-refractivity contribution in [2.75, 3.05) is 32.8 Å². The van der Waals surface area contributed by atoms with E-state index >= 15 is 0 Å². The van der Waals surface area contributed by atoms with Crippen LogP contribution in [0.4, 0.5) is 0 Å². The molecule has 2 fully saturated rings. The summed E-state index contributed by atoms with van der Waals surface area (Å²) in [7, 11) is 2.14. The SMILES string of the molecule is CCOc1ccccc1CN1CCC[C@@H](c2nnc(CN3CCCC3)n2C)C1. The Morgan fingerprint density at radius 3 is 2.61 bits per heavy atom. The molecule has 28 heavy (non-hydrogen) atoms. The molecular weight excluding hydrogens is 350 g/mol. The summed E-state index contributed by atoms with van der Waals surface area (Å²) < 4.78 is 8.07. The zero-order chi connectivity index (χ0) is 19.3. The van der Waals surface area contributed by atoms with Crippen molar-refractivity contribution >= 4 is 0 Å². The van der Waals surface area contributed by atoms with Crippen LogP contribution in [0.1, 0.15) is 55.7 Å². The van der Waals surface area contributed by atoms with Crippen LogP contribution in [0.15, 0.2) is 24.3 Å². The second-order valence-electron chi connectivity index (χ2n) is 8.13. The number of piperidine rings is 1. The van der Waals surface area contributed by atoms with Crippen molar-refractivity contribution in [1.82, 2.24) is 24.6 Å². The van der Waals surface area contributed by atoms with Crippen LogP contribution >= 0.6 is 0 Å². The minimum absolute atomic E-state index is 0.456. The highest BCUT2D eigenvalue weighted by Crippen LogP contribution is 2.29. The molecule has 2 aliphatic heterocycles. The Labute approximate surface area is 168 Å². The molecule has 1 aromatic carbocycles. The Morgan fingerprint density at radius 2 is 1.79 bits per heavy atom. The zero-order valence-electron chi connectivity index (χ0n) is 17.3. The average Bonchev–Trinajstić information content (AvgIpc) is 3.35. The third kappa shape index (κ3) is 4.39. The average molecular weight is 384 g/mol. The van der Waals surface area contributed by atoms with Gasteiger partial charge in [-0.1, -0.05) is 18.2 Å². The second kappa shape index (κ2) is 9.05. The van der Waals surface area contributed by atoms with Crippen molar-refractivity contribution in [3.63, 3.8) is 0 Å². The van der Waals surface area contributed by atoms with Gasteiger partial charge in [-0.05, 0) is 58.3 Å². The van der Waals surface area contributed by atoms with Crippen LogP contribution in [-0.2, 0) is 20.1 Å². The lowest BCUT2D eigenvalue weighted by Gasteiger charge is -2.32. The molecule has 1 atom stereocenters. The number of ether oxygens (including phenoxy) is 1. The summed E-state index contributed by atoms with van der Waals surface area (Å²) in [5.74, 6) is 3.73. The van der Waals surface area contributed by atoms with E-state index in [0.29, 0.717) is 12.5 Å². The number of likely N-dealkylation sites (tertiary alicyclic amines) is 2. The van der Waals surface area contributed by atoms with Gasteiger partial charge in [0, 0.05) is 31.6 Å². The van der Waals surface area contributed by atoms with Crippen LogP contribution < -0.4 is 4.74 Å². The van der Waals surface area contributed by atoms with Gasteiger partial charge < -0.3 is 9.30 Å². The maximum atomic E-state index is 5.82. The lowest BCUT2D eigenvalue weighted by Crippen LogP contribution is -2.35. The largest absolute Gasteiger partial charge is 0.494 e. The Hall–Kier alpha value is -1.92. The zero-order valence-corrected chi connectivity index (χ0v) is 17.3. The third-order valence-corrected chi connectivity index (χ3v) is 6.10. The molecule has 0 unspecified atom stereocenters. The van der Waals surface area contributed by atoms with Gasteiger partial charge in [0.25, 0.3) is 0 Å². The summed E-state index contributed by atoms with van der Waals surface area (Å²) in [5.41, 5.74) is 1.28. The monoisotopic (exact) mass is 383 g/mol. The van der Waals surface area contributed by atoms with E-state index in [4.69, 9.17) is 4.74 Å². The van der Waals surface area contributed by atoms with Crippen molar-refractivity contribution in [3.05, 3.63) is 41.5 Å². The molecule has 0 aliphatic carbocycles. The van der Waals surface area contributed by atoms with E-state index in [1.165, 1.54) is 44.3 Å². The molecular formula is C22H33N5O. The van der Waals surface area contributed by atoms with Gasteiger partial charge >= 0.3 is 0 Å². The molecule has 0 bridgehead atoms. The van der Waals surface area contributed by atoms with Crippen LogP contribution in [0, 0.1) is 0 Å². The third-order valence-electron chi connectivity index (χ3n) is 6.10. The van der Waals surface area contributed by atoms with Crippen LogP contribution in [-0.4, -0.2) is 57.4 Å². The number of hydrogen-bond donors (Lipinski definition) is 0. The fourth-order valence-corrected chi connectivity index (χ4v) is 4.59. The number of aromatic nitrogens is 3. The van der Waals surface area contributed by atoms with E-state index in [9.17, 15) is 0 Å². The van der Waals surface area contributed by atoms with Gasteiger partial charge in [-0.3, -0.25) is 9.80 Å². The lowest BCUT2D eigenvalue weighted by atomic mass is 9.96. The van der Waals surface area contributed by atoms with E-state index < -0.39 is 0 Å². The number of rotatable bonds is 7. The van der Waals surface area contributed by atoms with Gasteiger partial charge in [0.1, 0.15) is 17.4 Å². The standard InChI is InChI=1S/C22H33N5O/c1-3-28-20-11-5-4-9-18(20)15-27-14-8-10-19(16-27)22-24-23-21(25(22)2)17-26-12-6-7-13-26/h4-5,9,11,19H,3,6-8,10,12-17H2,1-2H3/t19-/m1/s1. The first kappa shape index (κ1) is 19.4. The number of para-hydroxylation sites is 1. The van der Waals surface area contributed by atoms with Gasteiger partial charge in [-0.25, -0.2) is 0 Å². The fourth-order valence-electron chi connectivity index (χ4n) is 4.59. The summed E-state index contributed by atoms with van der Waals surface area (Å²) in [6.45, 7) is 9.18. The molecule has 152 valence electrons. The van der Waals surface area contributed by atoms with Gasteiger partial charge in [0.15, 0.2) is 0 Å². The fraction of sp³-hybridized carbons (Fsp3) is 0.636. The lowest BCUT2D eigenvalue weighted by molar-refractivity contribution is 0.192. The molecule has 2 saturated heterocycles. The van der Waals surface area contributed by atoms with Crippen LogP contribution in [0.5, 0.6) is 5.75 Å². The minimum atomic E-state index is 0.456. The van der Waals surface area contributed by atoms with Crippen molar-refractivity contribution < 1.29 is 4.74 Å². The topological polar surface area (TPSA) is 46.4 Å². The highest BCUT2D eigenvalue weighted by atomic mass is 16.5. The Kier molecular flexibility index (Phi) is 6.27. The summed E-state index contributed by atoms with van der Waals surface area (Å²) in [5, 5.41) is 9.14. The van der Waals surface area contributed by atoms with Crippen molar-refractivity contribution in [1.29, 1.82) is 0 Å². The molecule has 0 saturated carbocycles. The molecule has 0 N–H and O–H groups in total. The van der Waals surface area contributed by atoms with Gasteiger partial charge in [-0.2, -0.15) is 0 Å². The molecule has 6 heteroatoms. The first-order chi connectivity index (χ1) is 13.7. The van der Waals surface area contributed by atoms with Crippen molar-refractivity contribution in [2.45, 2.75) is 51.6 Å². The maximum absolute atomic E-state index is 5.82. The Morgan fingerprint density at radius 1 is 1.00 bits per heavy atom. The van der Waals surface area contributed by atoms with E-state index in [-0.39, 0.29) is 0 Å². The second-order valence-corrected chi connectivity index (χ2v) is 8.13. The van der Waals surface area contributed by atoms with E-state index in [2.05, 4.69) is 55.9 Å². The highest BCUT2D eigenvalue weighted by molar-refractivity contribution is 5.33. The van der Waals surface area contributed by atoms with E-state index in [1.54, 1.807) is 0 Å². The Bertz CT molecular complexity index is 768. The molecule has 6 nitrogen and oxygen atoms in total. The molecule has 3 heterocycles. The maximum Gasteiger partial charge on any atom is 0.146 e. The summed E-state index contributed by atoms with van der Waals surface area (Å²) >= 11 is 0. The van der Waals surface area contributed by atoms with Gasteiger partial charge in [-0.15, -0.1) is 10.2 Å². The van der Waals surface area contributed by atoms with Crippen LogP contribution in [0.25, 0.3) is 0 Å². The Balaban J connectivity index is 1.42. The van der Waals surface area contributed by atoms with Crippen LogP contribution in [0.3, 0.4) is 0 Å². The molecule has 2 aromatic rings. The summed E-state index contributed by atoms with van der Waals surface area (Å²) in [4.78, 5) is 5.03. The predicted molar refractivity (Wildman–Crippen MR) is 110 cm³/mol. The highest BCUT2D eigenvalue weighted by Gasteiger charge is 2.27. The molecule has 2 aliphatic rings. The van der Waals surface area contributed by atoms with Gasteiger partial charge in [0.2, 0.25) is 0 Å². The van der Waals surface area contributed by atoms with Crippen molar-refractivity contribution in [3.8, 4) is 5.75 Å².